The molecule has 0 radical (unpaired) electrons. The van der Waals surface area contributed by atoms with Crippen LogP contribution in [0.15, 0.2) is 24.3 Å². The average Bonchev–Trinajstić information content (AvgIpc) is 2.38. The minimum Gasteiger partial charge on any atom is -0.384 e. The zero-order valence-electron chi connectivity index (χ0n) is 11.3. The van der Waals surface area contributed by atoms with Crippen molar-refractivity contribution < 1.29 is 4.74 Å². The summed E-state index contributed by atoms with van der Waals surface area (Å²) in [6, 6.07) is 7.82. The molecule has 4 heteroatoms. The number of ether oxygens (including phenoxy) is 1. The van der Waals surface area contributed by atoms with Gasteiger partial charge in [-0.05, 0) is 19.0 Å². The second kappa shape index (κ2) is 7.84. The van der Waals surface area contributed by atoms with Crippen LogP contribution in [0.25, 0.3) is 0 Å². The number of hydrogen-bond acceptors (Lipinski definition) is 3. The van der Waals surface area contributed by atoms with Crippen molar-refractivity contribution in [3.05, 3.63) is 35.4 Å². The molecule has 0 spiro atoms. The van der Waals surface area contributed by atoms with Crippen LogP contribution in [0, 0.1) is 5.41 Å². The molecule has 0 bridgehead atoms. The zero-order valence-corrected chi connectivity index (χ0v) is 11.3. The zero-order chi connectivity index (χ0) is 13.4. The molecule has 1 aromatic rings. The van der Waals surface area contributed by atoms with Gasteiger partial charge in [0.1, 0.15) is 5.84 Å². The summed E-state index contributed by atoms with van der Waals surface area (Å²) < 4.78 is 5.37. The summed E-state index contributed by atoms with van der Waals surface area (Å²) in [5, 5.41) is 7.58. The highest BCUT2D eigenvalue weighted by atomic mass is 16.5. The van der Waals surface area contributed by atoms with Crippen LogP contribution in [-0.4, -0.2) is 37.0 Å². The molecular formula is C14H23N3O. The van der Waals surface area contributed by atoms with Crippen molar-refractivity contribution in [2.24, 2.45) is 5.73 Å². The third-order valence-corrected chi connectivity index (χ3v) is 2.90. The van der Waals surface area contributed by atoms with Crippen molar-refractivity contribution in [3.63, 3.8) is 0 Å². The lowest BCUT2D eigenvalue weighted by molar-refractivity contribution is 0.113. The van der Waals surface area contributed by atoms with Gasteiger partial charge in [0, 0.05) is 25.3 Å². The monoisotopic (exact) mass is 249 g/mol. The number of hydrogen-bond donors (Lipinski definition) is 2. The van der Waals surface area contributed by atoms with E-state index in [2.05, 4.69) is 11.8 Å². The maximum atomic E-state index is 7.58. The normalized spacial score (nSPS) is 10.8. The van der Waals surface area contributed by atoms with Crippen LogP contribution in [0.3, 0.4) is 0 Å². The highest BCUT2D eigenvalue weighted by molar-refractivity contribution is 5.96. The number of benzene rings is 1. The number of nitrogens with zero attached hydrogens (tertiary/aromatic N) is 1. The summed E-state index contributed by atoms with van der Waals surface area (Å²) in [6.07, 6.45) is 0. The summed E-state index contributed by atoms with van der Waals surface area (Å²) in [5.74, 6) is 0.131. The van der Waals surface area contributed by atoms with Crippen molar-refractivity contribution in [2.75, 3.05) is 26.3 Å². The van der Waals surface area contributed by atoms with Crippen molar-refractivity contribution in [3.8, 4) is 0 Å². The molecule has 0 saturated heterocycles. The number of nitrogen functional groups attached to an aromatic ring is 1. The Labute approximate surface area is 109 Å². The number of nitrogens with one attached hydrogen (secondary N) is 1. The Morgan fingerprint density at radius 2 is 2.06 bits per heavy atom. The fourth-order valence-corrected chi connectivity index (χ4v) is 1.85. The highest BCUT2D eigenvalue weighted by Crippen LogP contribution is 2.11. The first kappa shape index (κ1) is 14.7. The predicted molar refractivity (Wildman–Crippen MR) is 74.9 cm³/mol. The van der Waals surface area contributed by atoms with Gasteiger partial charge < -0.3 is 10.5 Å². The van der Waals surface area contributed by atoms with Crippen molar-refractivity contribution >= 4 is 5.84 Å². The van der Waals surface area contributed by atoms with E-state index < -0.39 is 0 Å². The van der Waals surface area contributed by atoms with Crippen molar-refractivity contribution in [2.45, 2.75) is 20.4 Å². The van der Waals surface area contributed by atoms with E-state index in [1.54, 1.807) is 0 Å². The summed E-state index contributed by atoms with van der Waals surface area (Å²) in [4.78, 5) is 2.29. The molecule has 0 saturated carbocycles. The predicted octanol–water partition coefficient (Wildman–Crippen LogP) is 1.83. The smallest absolute Gasteiger partial charge is 0.123 e. The fourth-order valence-electron chi connectivity index (χ4n) is 1.85. The molecular weight excluding hydrogens is 226 g/mol. The molecule has 100 valence electrons. The van der Waals surface area contributed by atoms with Crippen LogP contribution >= 0.6 is 0 Å². The van der Waals surface area contributed by atoms with Crippen LogP contribution in [-0.2, 0) is 11.3 Å². The van der Waals surface area contributed by atoms with Gasteiger partial charge in [-0.15, -0.1) is 0 Å². The van der Waals surface area contributed by atoms with E-state index in [1.165, 1.54) is 0 Å². The molecule has 0 fully saturated rings. The Morgan fingerprint density at radius 3 is 2.67 bits per heavy atom. The van der Waals surface area contributed by atoms with Gasteiger partial charge in [0.15, 0.2) is 0 Å². The molecule has 3 N–H and O–H groups in total. The van der Waals surface area contributed by atoms with Crippen LogP contribution < -0.4 is 5.73 Å². The molecule has 0 heterocycles. The fraction of sp³-hybridized carbons (Fsp3) is 0.500. The Balaban J connectivity index is 2.66. The quantitative estimate of drug-likeness (QED) is 0.420. The van der Waals surface area contributed by atoms with Crippen LogP contribution in [0.5, 0.6) is 0 Å². The topological polar surface area (TPSA) is 62.3 Å². The van der Waals surface area contributed by atoms with E-state index in [0.29, 0.717) is 0 Å². The third-order valence-electron chi connectivity index (χ3n) is 2.90. The van der Waals surface area contributed by atoms with E-state index in [1.807, 2.05) is 31.2 Å². The summed E-state index contributed by atoms with van der Waals surface area (Å²) >= 11 is 0. The number of nitrogens with two attached hydrogens (primary N) is 1. The van der Waals surface area contributed by atoms with E-state index >= 15 is 0 Å². The van der Waals surface area contributed by atoms with Gasteiger partial charge in [-0.1, -0.05) is 31.2 Å². The second-order valence-electron chi connectivity index (χ2n) is 4.14. The van der Waals surface area contributed by atoms with Crippen molar-refractivity contribution in [1.29, 1.82) is 5.41 Å². The lowest BCUT2D eigenvalue weighted by Crippen LogP contribution is -2.28. The molecule has 4 nitrogen and oxygen atoms in total. The van der Waals surface area contributed by atoms with Crippen LogP contribution in [0.4, 0.5) is 0 Å². The first-order chi connectivity index (χ1) is 8.69. The Kier molecular flexibility index (Phi) is 6.39. The minimum absolute atomic E-state index is 0.131. The number of amidine groups is 1. The molecule has 1 aromatic carbocycles. The highest BCUT2D eigenvalue weighted by Gasteiger charge is 2.08. The van der Waals surface area contributed by atoms with Crippen LogP contribution in [0.2, 0.25) is 0 Å². The molecule has 0 amide bonds. The summed E-state index contributed by atoms with van der Waals surface area (Å²) in [6.45, 7) is 8.28. The SMILES string of the molecule is CCOCCN(CC)Cc1ccccc1C(=N)N. The summed E-state index contributed by atoms with van der Waals surface area (Å²) in [5.41, 5.74) is 7.52. The van der Waals surface area contributed by atoms with E-state index in [4.69, 9.17) is 15.9 Å². The molecule has 0 unspecified atom stereocenters. The first-order valence-corrected chi connectivity index (χ1v) is 6.41. The standard InChI is InChI=1S/C14H23N3O/c1-3-17(9-10-18-4-2)11-12-7-5-6-8-13(12)14(15)16/h5-8H,3-4,9-11H2,1-2H3,(H3,15,16). The van der Waals surface area contributed by atoms with Gasteiger partial charge in [-0.3, -0.25) is 10.3 Å². The second-order valence-corrected chi connectivity index (χ2v) is 4.14. The average molecular weight is 249 g/mol. The molecule has 0 aliphatic carbocycles. The van der Waals surface area contributed by atoms with Crippen molar-refractivity contribution in [1.82, 2.24) is 4.90 Å². The summed E-state index contributed by atoms with van der Waals surface area (Å²) in [7, 11) is 0. The number of rotatable bonds is 8. The largest absolute Gasteiger partial charge is 0.384 e. The Morgan fingerprint density at radius 1 is 1.33 bits per heavy atom. The Hall–Kier alpha value is -1.39. The lowest BCUT2D eigenvalue weighted by Gasteiger charge is -2.21. The van der Waals surface area contributed by atoms with Gasteiger partial charge >= 0.3 is 0 Å². The van der Waals surface area contributed by atoms with Crippen LogP contribution in [0.1, 0.15) is 25.0 Å². The molecule has 0 aliphatic heterocycles. The third kappa shape index (κ3) is 4.47. The lowest BCUT2D eigenvalue weighted by atomic mass is 10.1. The van der Waals surface area contributed by atoms with Gasteiger partial charge in [-0.25, -0.2) is 0 Å². The van der Waals surface area contributed by atoms with Gasteiger partial charge in [-0.2, -0.15) is 0 Å². The molecule has 18 heavy (non-hydrogen) atoms. The maximum Gasteiger partial charge on any atom is 0.123 e. The van der Waals surface area contributed by atoms with E-state index in [-0.39, 0.29) is 5.84 Å². The minimum atomic E-state index is 0.131. The van der Waals surface area contributed by atoms with Gasteiger partial charge in [0.2, 0.25) is 0 Å². The van der Waals surface area contributed by atoms with Gasteiger partial charge in [0.25, 0.3) is 0 Å². The molecule has 0 aromatic heterocycles. The van der Waals surface area contributed by atoms with Gasteiger partial charge in [0.05, 0.1) is 6.61 Å². The molecule has 1 rings (SSSR count). The van der Waals surface area contributed by atoms with E-state index in [0.717, 1.165) is 44.0 Å². The molecule has 0 atom stereocenters. The number of likely N-dealkylation sites (N-methyl/N-ethyl adjacent to an activating group) is 1. The van der Waals surface area contributed by atoms with E-state index in [9.17, 15) is 0 Å². The Bertz CT molecular complexity index is 379. The first-order valence-electron chi connectivity index (χ1n) is 6.41. The molecule has 0 aliphatic rings. The maximum absolute atomic E-state index is 7.58.